The number of fused-ring (bicyclic) bond motifs is 1. The van der Waals surface area contributed by atoms with E-state index >= 15 is 0 Å². The first-order valence-electron chi connectivity index (χ1n) is 7.96. The van der Waals surface area contributed by atoms with Gasteiger partial charge in [-0.2, -0.15) is 0 Å². The fourth-order valence-electron chi connectivity index (χ4n) is 3.16. The Kier molecular flexibility index (Phi) is 5.04. The van der Waals surface area contributed by atoms with Gasteiger partial charge in [-0.05, 0) is 42.2 Å². The fraction of sp³-hybridized carbons (Fsp3) is 0.611. The Morgan fingerprint density at radius 3 is 2.62 bits per heavy atom. The summed E-state index contributed by atoms with van der Waals surface area (Å²) in [6.07, 6.45) is 3.84. The van der Waals surface area contributed by atoms with E-state index < -0.39 is 0 Å². The number of hydrogen-bond acceptors (Lipinski definition) is 2. The van der Waals surface area contributed by atoms with Gasteiger partial charge in [0, 0.05) is 12.6 Å². The second-order valence-electron chi connectivity index (χ2n) is 7.41. The van der Waals surface area contributed by atoms with Gasteiger partial charge in [0.05, 0.1) is 5.92 Å². The maximum absolute atomic E-state index is 12.4. The van der Waals surface area contributed by atoms with E-state index in [1.807, 2.05) is 0 Å². The quantitative estimate of drug-likeness (QED) is 0.895. The van der Waals surface area contributed by atoms with Gasteiger partial charge in [0.2, 0.25) is 5.91 Å². The highest BCUT2D eigenvalue weighted by atomic mass is 16.1. The maximum Gasteiger partial charge on any atom is 0.224 e. The molecule has 1 aromatic rings. The summed E-state index contributed by atoms with van der Waals surface area (Å²) in [6, 6.07) is 8.77. The summed E-state index contributed by atoms with van der Waals surface area (Å²) in [5.41, 5.74) is 8.72. The lowest BCUT2D eigenvalue weighted by atomic mass is 9.83. The second kappa shape index (κ2) is 6.61. The molecule has 3 N–H and O–H groups in total. The smallest absolute Gasteiger partial charge is 0.224 e. The van der Waals surface area contributed by atoms with Crippen molar-refractivity contribution < 1.29 is 4.79 Å². The summed E-state index contributed by atoms with van der Waals surface area (Å²) in [6.45, 7) is 6.88. The normalized spacial score (nSPS) is 19.7. The zero-order valence-electron chi connectivity index (χ0n) is 13.5. The van der Waals surface area contributed by atoms with Crippen molar-refractivity contribution in [2.75, 3.05) is 6.54 Å². The van der Waals surface area contributed by atoms with Gasteiger partial charge in [-0.25, -0.2) is 0 Å². The van der Waals surface area contributed by atoms with Crippen LogP contribution in [0.1, 0.15) is 44.7 Å². The molecule has 0 spiro atoms. The van der Waals surface area contributed by atoms with Crippen molar-refractivity contribution in [2.45, 2.75) is 52.5 Å². The van der Waals surface area contributed by atoms with Gasteiger partial charge in [0.15, 0.2) is 0 Å². The number of carbonyl (C=O) groups is 1. The molecule has 0 aliphatic heterocycles. The predicted molar refractivity (Wildman–Crippen MR) is 87.0 cm³/mol. The highest BCUT2D eigenvalue weighted by molar-refractivity contribution is 5.79. The summed E-state index contributed by atoms with van der Waals surface area (Å²) < 4.78 is 0. The Morgan fingerprint density at radius 1 is 1.33 bits per heavy atom. The van der Waals surface area contributed by atoms with Gasteiger partial charge in [-0.1, -0.05) is 45.0 Å². The Labute approximate surface area is 128 Å². The highest BCUT2D eigenvalue weighted by Crippen LogP contribution is 2.25. The van der Waals surface area contributed by atoms with E-state index in [-0.39, 0.29) is 23.3 Å². The van der Waals surface area contributed by atoms with Crippen LogP contribution in [0.2, 0.25) is 0 Å². The number of nitrogens with one attached hydrogen (secondary N) is 1. The third kappa shape index (κ3) is 4.57. The molecule has 2 unspecified atom stereocenters. The molecule has 1 amide bonds. The van der Waals surface area contributed by atoms with Gasteiger partial charge in [0.25, 0.3) is 0 Å². The van der Waals surface area contributed by atoms with Crippen LogP contribution in [0, 0.1) is 11.3 Å². The predicted octanol–water partition coefficient (Wildman–Crippen LogP) is 2.67. The van der Waals surface area contributed by atoms with Gasteiger partial charge in [-0.3, -0.25) is 4.79 Å². The van der Waals surface area contributed by atoms with Crippen LogP contribution >= 0.6 is 0 Å². The van der Waals surface area contributed by atoms with Crippen molar-refractivity contribution in [3.8, 4) is 0 Å². The molecule has 2 rings (SSSR count). The van der Waals surface area contributed by atoms with Gasteiger partial charge >= 0.3 is 0 Å². The first-order valence-corrected chi connectivity index (χ1v) is 7.96. The summed E-state index contributed by atoms with van der Waals surface area (Å²) in [7, 11) is 0. The number of carbonyl (C=O) groups excluding carboxylic acids is 1. The largest absolute Gasteiger partial charge is 0.353 e. The summed E-state index contributed by atoms with van der Waals surface area (Å²) >= 11 is 0. The Balaban J connectivity index is 1.94. The molecule has 1 aliphatic rings. The minimum atomic E-state index is -0.0813. The van der Waals surface area contributed by atoms with Crippen molar-refractivity contribution >= 4 is 5.91 Å². The SMILES string of the molecule is CC(C)(C)CC(CN)C(=O)NC1CCc2ccccc2C1. The molecule has 0 heterocycles. The van der Waals surface area contributed by atoms with E-state index in [2.05, 4.69) is 50.4 Å². The molecule has 0 radical (unpaired) electrons. The average Bonchev–Trinajstić information content (AvgIpc) is 2.43. The molecule has 2 atom stereocenters. The van der Waals surface area contributed by atoms with E-state index in [1.54, 1.807) is 0 Å². The lowest BCUT2D eigenvalue weighted by Crippen LogP contribution is -2.44. The molecule has 0 saturated heterocycles. The minimum Gasteiger partial charge on any atom is -0.353 e. The van der Waals surface area contributed by atoms with Crippen LogP contribution < -0.4 is 11.1 Å². The zero-order chi connectivity index (χ0) is 15.5. The number of nitrogens with two attached hydrogens (primary N) is 1. The van der Waals surface area contributed by atoms with E-state index in [9.17, 15) is 4.79 Å². The number of rotatable bonds is 4. The number of amides is 1. The molecule has 3 nitrogen and oxygen atoms in total. The highest BCUT2D eigenvalue weighted by Gasteiger charge is 2.26. The molecular weight excluding hydrogens is 260 g/mol. The molecular formula is C18H28N2O. The standard InChI is InChI=1S/C18H28N2O/c1-18(2,3)11-15(12-19)17(21)20-16-9-8-13-6-4-5-7-14(13)10-16/h4-7,15-16H,8-12,19H2,1-3H3,(H,20,21). The molecule has 21 heavy (non-hydrogen) atoms. The van der Waals surface area contributed by atoms with Crippen LogP contribution in [0.3, 0.4) is 0 Å². The molecule has 0 aromatic heterocycles. The first-order chi connectivity index (χ1) is 9.89. The Morgan fingerprint density at radius 2 is 2.00 bits per heavy atom. The van der Waals surface area contributed by atoms with Crippen molar-refractivity contribution in [1.29, 1.82) is 0 Å². The van der Waals surface area contributed by atoms with Crippen molar-refractivity contribution in [3.05, 3.63) is 35.4 Å². The molecule has 1 aliphatic carbocycles. The summed E-state index contributed by atoms with van der Waals surface area (Å²) in [4.78, 5) is 12.4. The monoisotopic (exact) mass is 288 g/mol. The van der Waals surface area contributed by atoms with Gasteiger partial charge < -0.3 is 11.1 Å². The minimum absolute atomic E-state index is 0.0813. The van der Waals surface area contributed by atoms with Crippen molar-refractivity contribution in [3.63, 3.8) is 0 Å². The second-order valence-corrected chi connectivity index (χ2v) is 7.41. The van der Waals surface area contributed by atoms with Crippen LogP contribution in [0.4, 0.5) is 0 Å². The molecule has 0 bridgehead atoms. The third-order valence-corrected chi connectivity index (χ3v) is 4.21. The first kappa shape index (κ1) is 16.0. The summed E-state index contributed by atoms with van der Waals surface area (Å²) in [5, 5.41) is 3.21. The average molecular weight is 288 g/mol. The van der Waals surface area contributed by atoms with E-state index in [1.165, 1.54) is 11.1 Å². The lowest BCUT2D eigenvalue weighted by Gasteiger charge is -2.29. The van der Waals surface area contributed by atoms with E-state index in [0.717, 1.165) is 25.7 Å². The molecule has 1 aromatic carbocycles. The third-order valence-electron chi connectivity index (χ3n) is 4.21. The van der Waals surface area contributed by atoms with Crippen LogP contribution in [-0.4, -0.2) is 18.5 Å². The lowest BCUT2D eigenvalue weighted by molar-refractivity contribution is -0.126. The Bertz CT molecular complexity index is 490. The maximum atomic E-state index is 12.4. The molecule has 116 valence electrons. The van der Waals surface area contributed by atoms with Crippen molar-refractivity contribution in [1.82, 2.24) is 5.32 Å². The number of benzene rings is 1. The van der Waals surface area contributed by atoms with Crippen LogP contribution in [0.15, 0.2) is 24.3 Å². The molecule has 0 saturated carbocycles. The fourth-order valence-corrected chi connectivity index (χ4v) is 3.16. The van der Waals surface area contributed by atoms with Crippen LogP contribution in [0.25, 0.3) is 0 Å². The van der Waals surface area contributed by atoms with E-state index in [4.69, 9.17) is 5.73 Å². The number of aryl methyl sites for hydroxylation is 1. The summed E-state index contributed by atoms with van der Waals surface area (Å²) in [5.74, 6) is 0.0407. The van der Waals surface area contributed by atoms with E-state index in [0.29, 0.717) is 6.54 Å². The van der Waals surface area contributed by atoms with Crippen molar-refractivity contribution in [2.24, 2.45) is 17.1 Å². The van der Waals surface area contributed by atoms with Crippen LogP contribution in [0.5, 0.6) is 0 Å². The molecule has 0 fully saturated rings. The molecule has 3 heteroatoms. The zero-order valence-corrected chi connectivity index (χ0v) is 13.5. The number of hydrogen-bond donors (Lipinski definition) is 2. The topological polar surface area (TPSA) is 55.1 Å². The van der Waals surface area contributed by atoms with Gasteiger partial charge in [-0.15, -0.1) is 0 Å². The van der Waals surface area contributed by atoms with Crippen LogP contribution in [-0.2, 0) is 17.6 Å². The van der Waals surface area contributed by atoms with Gasteiger partial charge in [0.1, 0.15) is 0 Å². The Hall–Kier alpha value is -1.35.